The zero-order valence-electron chi connectivity index (χ0n) is 17.0. The Morgan fingerprint density at radius 3 is 2.62 bits per heavy atom. The lowest BCUT2D eigenvalue weighted by Crippen LogP contribution is -2.32. The summed E-state index contributed by atoms with van der Waals surface area (Å²) in [6.45, 7) is 1.71. The monoisotopic (exact) mass is 452 g/mol. The van der Waals surface area contributed by atoms with Crippen molar-refractivity contribution in [1.29, 1.82) is 0 Å². The van der Waals surface area contributed by atoms with E-state index >= 15 is 0 Å². The van der Waals surface area contributed by atoms with Crippen LogP contribution in [0.25, 0.3) is 22.6 Å². The molecule has 162 valence electrons. The minimum Gasteiger partial charge on any atom is -0.449 e. The average molecular weight is 453 g/mol. The third-order valence-corrected chi connectivity index (χ3v) is 5.06. The van der Waals surface area contributed by atoms with Crippen LogP contribution in [0.5, 0.6) is 0 Å². The van der Waals surface area contributed by atoms with Crippen molar-refractivity contribution in [2.75, 3.05) is 5.32 Å². The van der Waals surface area contributed by atoms with Crippen LogP contribution in [0.1, 0.15) is 23.7 Å². The van der Waals surface area contributed by atoms with Gasteiger partial charge in [0.15, 0.2) is 11.7 Å². The molecule has 8 heteroatoms. The Bertz CT molecular complexity index is 1270. The number of ether oxygens (including phenoxy) is 1. The maximum Gasteiger partial charge on any atom is 0.339 e. The van der Waals surface area contributed by atoms with Gasteiger partial charge in [-0.1, -0.05) is 42.8 Å². The Labute approximate surface area is 188 Å². The molecule has 1 unspecified atom stereocenters. The molecule has 4 rings (SSSR count). The van der Waals surface area contributed by atoms with E-state index < -0.39 is 23.8 Å². The molecule has 0 aliphatic rings. The van der Waals surface area contributed by atoms with Crippen molar-refractivity contribution in [3.63, 3.8) is 0 Å². The summed E-state index contributed by atoms with van der Waals surface area (Å²) in [5, 5.41) is 2.46. The van der Waals surface area contributed by atoms with E-state index in [2.05, 4.69) is 10.3 Å². The molecule has 3 aromatic carbocycles. The molecule has 0 bridgehead atoms. The van der Waals surface area contributed by atoms with Crippen molar-refractivity contribution in [3.05, 3.63) is 83.1 Å². The molecule has 0 fully saturated rings. The number of amides is 1. The Morgan fingerprint density at radius 2 is 1.88 bits per heavy atom. The van der Waals surface area contributed by atoms with Crippen LogP contribution in [0.4, 0.5) is 10.1 Å². The predicted octanol–water partition coefficient (Wildman–Crippen LogP) is 5.86. The van der Waals surface area contributed by atoms with Crippen LogP contribution in [0.3, 0.4) is 0 Å². The number of carbonyl (C=O) groups is 2. The normalized spacial score (nSPS) is 11.8. The third kappa shape index (κ3) is 4.48. The number of hydrogen-bond acceptors (Lipinski definition) is 5. The van der Waals surface area contributed by atoms with E-state index in [4.69, 9.17) is 20.8 Å². The lowest BCUT2D eigenvalue weighted by Gasteiger charge is -2.17. The number of nitrogens with zero attached hydrogens (tertiary/aromatic N) is 1. The highest BCUT2D eigenvalue weighted by molar-refractivity contribution is 6.31. The number of aromatic nitrogens is 1. The summed E-state index contributed by atoms with van der Waals surface area (Å²) in [7, 11) is 0. The van der Waals surface area contributed by atoms with Gasteiger partial charge in [0.05, 0.1) is 16.1 Å². The number of halogens is 2. The van der Waals surface area contributed by atoms with Crippen LogP contribution >= 0.6 is 11.6 Å². The molecule has 1 heterocycles. The van der Waals surface area contributed by atoms with E-state index in [9.17, 15) is 14.0 Å². The molecule has 0 aliphatic carbocycles. The van der Waals surface area contributed by atoms with Gasteiger partial charge in [-0.05, 0) is 48.9 Å². The molecule has 0 spiro atoms. The van der Waals surface area contributed by atoms with Gasteiger partial charge in [-0.15, -0.1) is 0 Å². The number of carbonyl (C=O) groups excluding carboxylic acids is 2. The predicted molar refractivity (Wildman–Crippen MR) is 119 cm³/mol. The van der Waals surface area contributed by atoms with Crippen LogP contribution in [-0.2, 0) is 9.53 Å². The van der Waals surface area contributed by atoms with Gasteiger partial charge in [0.2, 0.25) is 5.89 Å². The molecule has 4 aromatic rings. The summed E-state index contributed by atoms with van der Waals surface area (Å²) in [5.74, 6) is -1.57. The SMILES string of the molecule is CCC(OC(=O)c1ccccc1-c1nc2ccccc2o1)C(=O)Nc1ccc(F)c(Cl)c1. The number of oxazole rings is 1. The number of anilines is 1. The number of para-hydroxylation sites is 2. The number of hydrogen-bond donors (Lipinski definition) is 1. The highest BCUT2D eigenvalue weighted by Gasteiger charge is 2.25. The zero-order chi connectivity index (χ0) is 22.7. The van der Waals surface area contributed by atoms with Gasteiger partial charge in [0.1, 0.15) is 11.3 Å². The van der Waals surface area contributed by atoms with Crippen LogP contribution in [-0.4, -0.2) is 23.0 Å². The highest BCUT2D eigenvalue weighted by Crippen LogP contribution is 2.28. The topological polar surface area (TPSA) is 81.4 Å². The van der Waals surface area contributed by atoms with Gasteiger partial charge in [0.25, 0.3) is 5.91 Å². The molecule has 0 saturated carbocycles. The van der Waals surface area contributed by atoms with Gasteiger partial charge < -0.3 is 14.5 Å². The number of fused-ring (bicyclic) bond motifs is 1. The summed E-state index contributed by atoms with van der Waals surface area (Å²) in [5.41, 5.74) is 2.22. The quantitative estimate of drug-likeness (QED) is 0.370. The van der Waals surface area contributed by atoms with Gasteiger partial charge in [-0.2, -0.15) is 0 Å². The van der Waals surface area contributed by atoms with Gasteiger partial charge in [0, 0.05) is 5.69 Å². The molecule has 1 aromatic heterocycles. The van der Waals surface area contributed by atoms with Crippen molar-refractivity contribution in [3.8, 4) is 11.5 Å². The molecule has 6 nitrogen and oxygen atoms in total. The van der Waals surface area contributed by atoms with Crippen molar-refractivity contribution in [2.45, 2.75) is 19.4 Å². The Hall–Kier alpha value is -3.71. The lowest BCUT2D eigenvalue weighted by molar-refractivity contribution is -0.124. The largest absolute Gasteiger partial charge is 0.449 e. The number of nitrogens with one attached hydrogen (secondary N) is 1. The maximum atomic E-state index is 13.3. The summed E-state index contributed by atoms with van der Waals surface area (Å²) < 4.78 is 24.6. The smallest absolute Gasteiger partial charge is 0.339 e. The second kappa shape index (κ2) is 9.20. The van der Waals surface area contributed by atoms with Crippen molar-refractivity contribution < 1.29 is 23.1 Å². The van der Waals surface area contributed by atoms with Crippen molar-refractivity contribution in [1.82, 2.24) is 4.98 Å². The molecule has 0 aliphatic heterocycles. The van der Waals surface area contributed by atoms with Crippen LogP contribution < -0.4 is 5.32 Å². The first kappa shape index (κ1) is 21.5. The summed E-state index contributed by atoms with van der Waals surface area (Å²) in [6.07, 6.45) is -0.833. The Morgan fingerprint density at radius 1 is 1.12 bits per heavy atom. The fourth-order valence-corrected chi connectivity index (χ4v) is 3.33. The first-order chi connectivity index (χ1) is 15.5. The molecule has 0 saturated heterocycles. The van der Waals surface area contributed by atoms with Crippen LogP contribution in [0.2, 0.25) is 5.02 Å². The minimum atomic E-state index is -1.07. The molecule has 32 heavy (non-hydrogen) atoms. The molecular weight excluding hydrogens is 435 g/mol. The fraction of sp³-hybridized carbons (Fsp3) is 0.125. The van der Waals surface area contributed by atoms with Gasteiger partial charge in [-0.3, -0.25) is 4.79 Å². The van der Waals surface area contributed by atoms with Gasteiger partial charge >= 0.3 is 5.97 Å². The van der Waals surface area contributed by atoms with E-state index in [-0.39, 0.29) is 22.9 Å². The lowest BCUT2D eigenvalue weighted by atomic mass is 10.1. The number of esters is 1. The number of benzene rings is 3. The standard InChI is InChI=1S/C24H18ClFN2O4/c1-2-20(22(29)27-14-11-12-18(26)17(25)13-14)32-24(30)16-8-4-3-7-15(16)23-28-19-9-5-6-10-21(19)31-23/h3-13,20H,2H2,1H3,(H,27,29). The first-order valence-corrected chi connectivity index (χ1v) is 10.3. The second-order valence-corrected chi connectivity index (χ2v) is 7.36. The zero-order valence-corrected chi connectivity index (χ0v) is 17.7. The van der Waals surface area contributed by atoms with E-state index in [0.29, 0.717) is 22.4 Å². The van der Waals surface area contributed by atoms with Gasteiger partial charge in [-0.25, -0.2) is 14.2 Å². The molecule has 1 N–H and O–H groups in total. The molecule has 1 amide bonds. The minimum absolute atomic E-state index is 0.125. The highest BCUT2D eigenvalue weighted by atomic mass is 35.5. The van der Waals surface area contributed by atoms with E-state index in [1.807, 2.05) is 18.2 Å². The van der Waals surface area contributed by atoms with E-state index in [1.165, 1.54) is 12.1 Å². The van der Waals surface area contributed by atoms with E-state index in [1.54, 1.807) is 37.3 Å². The summed E-state index contributed by atoms with van der Waals surface area (Å²) in [6, 6.07) is 17.8. The Balaban J connectivity index is 1.55. The van der Waals surface area contributed by atoms with Crippen LogP contribution in [0, 0.1) is 5.82 Å². The average Bonchev–Trinajstić information content (AvgIpc) is 3.24. The van der Waals surface area contributed by atoms with Crippen LogP contribution in [0.15, 0.2) is 71.1 Å². The van der Waals surface area contributed by atoms with Crippen molar-refractivity contribution >= 4 is 40.3 Å². The number of rotatable bonds is 6. The summed E-state index contributed by atoms with van der Waals surface area (Å²) >= 11 is 5.75. The maximum absolute atomic E-state index is 13.3. The molecular formula is C24H18ClFN2O4. The summed E-state index contributed by atoms with van der Waals surface area (Å²) in [4.78, 5) is 30.0. The third-order valence-electron chi connectivity index (χ3n) is 4.77. The van der Waals surface area contributed by atoms with E-state index in [0.717, 1.165) is 6.07 Å². The Kier molecular flexibility index (Phi) is 6.18. The molecule has 0 radical (unpaired) electrons. The fourth-order valence-electron chi connectivity index (χ4n) is 3.15. The second-order valence-electron chi connectivity index (χ2n) is 6.95. The van der Waals surface area contributed by atoms with Crippen molar-refractivity contribution in [2.24, 2.45) is 0 Å². The molecule has 1 atom stereocenters. The first-order valence-electron chi connectivity index (χ1n) is 9.88.